The molecule has 2 unspecified atom stereocenters. The molecule has 0 aromatic carbocycles. The number of allylic oxidation sites excluding steroid dienone is 2. The van der Waals surface area contributed by atoms with Gasteiger partial charge in [-0.25, -0.2) is 0 Å². The maximum Gasteiger partial charge on any atom is 0.146 e. The van der Waals surface area contributed by atoms with E-state index in [1.807, 2.05) is 0 Å². The topological polar surface area (TPSA) is 73.6 Å². The van der Waals surface area contributed by atoms with E-state index in [9.17, 15) is 0 Å². The molecule has 0 spiro atoms. The Morgan fingerprint density at radius 1 is 1.43 bits per heavy atom. The summed E-state index contributed by atoms with van der Waals surface area (Å²) in [6, 6.07) is 3.57. The van der Waals surface area contributed by atoms with Crippen LogP contribution < -0.4 is 5.73 Å². The van der Waals surface area contributed by atoms with Crippen LogP contribution in [0, 0.1) is 22.7 Å². The minimum absolute atomic E-state index is 0.0184. The van der Waals surface area contributed by atoms with E-state index < -0.39 is 10.9 Å². The number of nitrogens with two attached hydrogens (primary N) is 1. The molecule has 72 valence electrons. The van der Waals surface area contributed by atoms with Crippen LogP contribution in [0.3, 0.4) is 0 Å². The average Bonchev–Trinajstić information content (AvgIpc) is 2.16. The van der Waals surface area contributed by atoms with Crippen molar-refractivity contribution in [2.24, 2.45) is 5.73 Å². The van der Waals surface area contributed by atoms with E-state index in [4.69, 9.17) is 51.1 Å². The summed E-state index contributed by atoms with van der Waals surface area (Å²) in [7, 11) is 0. The second-order valence-electron chi connectivity index (χ2n) is 2.74. The number of rotatable bonds is 0. The molecule has 0 bridgehead atoms. The summed E-state index contributed by atoms with van der Waals surface area (Å²) in [5.41, 5.74) is 4.16. The van der Waals surface area contributed by atoms with Crippen molar-refractivity contribution >= 4 is 34.8 Å². The zero-order valence-electron chi connectivity index (χ0n) is 6.76. The van der Waals surface area contributed by atoms with Gasteiger partial charge in [-0.3, -0.25) is 0 Å². The summed E-state index contributed by atoms with van der Waals surface area (Å²) >= 11 is 17.3. The van der Waals surface area contributed by atoms with Crippen molar-refractivity contribution in [2.75, 3.05) is 0 Å². The maximum atomic E-state index is 8.80. The number of alkyl halides is 1. The van der Waals surface area contributed by atoms with Crippen molar-refractivity contribution in [1.82, 2.24) is 0 Å². The Hall–Kier alpha value is -0.710. The van der Waals surface area contributed by atoms with E-state index in [1.54, 1.807) is 12.1 Å². The maximum absolute atomic E-state index is 8.80. The van der Waals surface area contributed by atoms with Crippen molar-refractivity contribution in [3.63, 3.8) is 0 Å². The molecule has 1 aliphatic carbocycles. The average molecular weight is 248 g/mol. The van der Waals surface area contributed by atoms with Crippen LogP contribution in [0.1, 0.15) is 0 Å². The third-order valence-corrected chi connectivity index (χ3v) is 3.18. The highest BCUT2D eigenvalue weighted by Crippen LogP contribution is 2.37. The molecule has 0 aromatic rings. The fraction of sp³-hybridized carbons (Fsp3) is 0.250. The first kappa shape index (κ1) is 11.4. The van der Waals surface area contributed by atoms with Gasteiger partial charge in [0.05, 0.1) is 27.8 Å². The van der Waals surface area contributed by atoms with Crippen LogP contribution in [0.25, 0.3) is 0 Å². The van der Waals surface area contributed by atoms with Gasteiger partial charge in [-0.2, -0.15) is 10.5 Å². The minimum atomic E-state index is -1.48. The summed E-state index contributed by atoms with van der Waals surface area (Å²) in [5.74, 6) is 0. The highest BCUT2D eigenvalue weighted by molar-refractivity contribution is 6.45. The van der Waals surface area contributed by atoms with Gasteiger partial charge >= 0.3 is 0 Å². The monoisotopic (exact) mass is 247 g/mol. The molecule has 2 atom stereocenters. The first-order valence-corrected chi connectivity index (χ1v) is 4.68. The van der Waals surface area contributed by atoms with Gasteiger partial charge in [0.15, 0.2) is 0 Å². The van der Waals surface area contributed by atoms with Gasteiger partial charge in [0.2, 0.25) is 0 Å². The molecule has 0 amide bonds. The Labute approximate surface area is 95.9 Å². The van der Waals surface area contributed by atoms with Gasteiger partial charge in [-0.1, -0.05) is 23.2 Å². The molecule has 0 radical (unpaired) electrons. The number of nitriles is 2. The lowest BCUT2D eigenvalue weighted by atomic mass is 9.88. The second kappa shape index (κ2) is 3.81. The van der Waals surface area contributed by atoms with Crippen LogP contribution in [-0.4, -0.2) is 10.9 Å². The Morgan fingerprint density at radius 2 is 2.00 bits per heavy atom. The van der Waals surface area contributed by atoms with Crippen molar-refractivity contribution in [3.05, 3.63) is 21.7 Å². The Balaban J connectivity index is 3.35. The smallest absolute Gasteiger partial charge is 0.146 e. The van der Waals surface area contributed by atoms with Crippen LogP contribution in [-0.2, 0) is 0 Å². The molecule has 2 N–H and O–H groups in total. The fourth-order valence-corrected chi connectivity index (χ4v) is 1.83. The first-order chi connectivity index (χ1) is 6.46. The van der Waals surface area contributed by atoms with E-state index in [0.717, 1.165) is 0 Å². The van der Waals surface area contributed by atoms with E-state index in [1.165, 1.54) is 6.08 Å². The highest BCUT2D eigenvalue weighted by atomic mass is 35.5. The van der Waals surface area contributed by atoms with Gasteiger partial charge in [-0.15, -0.1) is 11.6 Å². The van der Waals surface area contributed by atoms with E-state index in [2.05, 4.69) is 0 Å². The Morgan fingerprint density at radius 3 is 2.43 bits per heavy atom. The molecule has 6 heteroatoms. The number of hydrogen-bond donors (Lipinski definition) is 1. The quantitative estimate of drug-likeness (QED) is 0.666. The zero-order chi connectivity index (χ0) is 10.9. The van der Waals surface area contributed by atoms with Gasteiger partial charge in [-0.05, 0) is 6.08 Å². The van der Waals surface area contributed by atoms with Crippen molar-refractivity contribution < 1.29 is 0 Å². The van der Waals surface area contributed by atoms with Gasteiger partial charge in [0.25, 0.3) is 0 Å². The highest BCUT2D eigenvalue weighted by Gasteiger charge is 2.40. The largest absolute Gasteiger partial charge is 0.309 e. The summed E-state index contributed by atoms with van der Waals surface area (Å²) in [6.45, 7) is 0. The first-order valence-electron chi connectivity index (χ1n) is 3.49. The van der Waals surface area contributed by atoms with Crippen LogP contribution in [0.4, 0.5) is 0 Å². The normalized spacial score (nSPS) is 31.9. The SMILES string of the molecule is N#CC1=C(Cl)C(Cl)=CC(N)(C#N)C1Cl. The van der Waals surface area contributed by atoms with Crippen LogP contribution >= 0.6 is 34.8 Å². The van der Waals surface area contributed by atoms with E-state index in [-0.39, 0.29) is 15.6 Å². The lowest BCUT2D eigenvalue weighted by molar-refractivity contribution is 0.666. The number of nitrogens with zero attached hydrogens (tertiary/aromatic N) is 2. The third-order valence-electron chi connectivity index (χ3n) is 1.80. The Kier molecular flexibility index (Phi) is 3.09. The predicted octanol–water partition coefficient (Wildman–Crippen LogP) is 1.97. The molecule has 1 aliphatic rings. The molecule has 3 nitrogen and oxygen atoms in total. The van der Waals surface area contributed by atoms with Crippen LogP contribution in [0.15, 0.2) is 21.7 Å². The molecule has 0 aliphatic heterocycles. The lowest BCUT2D eigenvalue weighted by Crippen LogP contribution is -2.47. The van der Waals surface area contributed by atoms with Gasteiger partial charge < -0.3 is 5.73 Å². The van der Waals surface area contributed by atoms with E-state index in [0.29, 0.717) is 0 Å². The van der Waals surface area contributed by atoms with Crippen LogP contribution in [0.5, 0.6) is 0 Å². The Bertz CT molecular complexity index is 413. The van der Waals surface area contributed by atoms with Crippen LogP contribution in [0.2, 0.25) is 0 Å². The summed E-state index contributed by atoms with van der Waals surface area (Å²) in [6.07, 6.45) is 1.25. The summed E-state index contributed by atoms with van der Waals surface area (Å²) in [5, 5.41) is 16.7. The number of hydrogen-bond acceptors (Lipinski definition) is 3. The molecule has 0 aromatic heterocycles. The standard InChI is InChI=1S/C8H4Cl3N3/c9-5-1-8(14,3-13)7(11)4(2-12)6(5)10/h1,7H,14H2. The lowest BCUT2D eigenvalue weighted by Gasteiger charge is -2.27. The molecule has 14 heavy (non-hydrogen) atoms. The molecular formula is C8H4Cl3N3. The predicted molar refractivity (Wildman–Crippen MR) is 54.6 cm³/mol. The van der Waals surface area contributed by atoms with Crippen molar-refractivity contribution in [2.45, 2.75) is 10.9 Å². The summed E-state index contributed by atoms with van der Waals surface area (Å²) < 4.78 is 0. The van der Waals surface area contributed by atoms with Crippen molar-refractivity contribution in [3.8, 4) is 12.1 Å². The molecule has 0 heterocycles. The molecular weight excluding hydrogens is 244 g/mol. The number of halogens is 3. The van der Waals surface area contributed by atoms with Crippen molar-refractivity contribution in [1.29, 1.82) is 10.5 Å². The molecule has 0 fully saturated rings. The second-order valence-corrected chi connectivity index (χ2v) is 3.96. The fourth-order valence-electron chi connectivity index (χ4n) is 1.02. The van der Waals surface area contributed by atoms with Gasteiger partial charge in [0.1, 0.15) is 10.9 Å². The summed E-state index contributed by atoms with van der Waals surface area (Å²) in [4.78, 5) is 0. The molecule has 0 saturated carbocycles. The molecule has 0 saturated heterocycles. The minimum Gasteiger partial charge on any atom is -0.309 e. The van der Waals surface area contributed by atoms with Gasteiger partial charge in [0, 0.05) is 0 Å². The molecule has 1 rings (SSSR count). The third kappa shape index (κ3) is 1.61. The zero-order valence-corrected chi connectivity index (χ0v) is 9.03. The van der Waals surface area contributed by atoms with E-state index >= 15 is 0 Å².